The Bertz CT molecular complexity index is 849. The van der Waals surface area contributed by atoms with Gasteiger partial charge in [0.05, 0.1) is 21.7 Å². The number of benzene rings is 1. The van der Waals surface area contributed by atoms with Crippen molar-refractivity contribution in [3.63, 3.8) is 0 Å². The van der Waals surface area contributed by atoms with E-state index in [-0.39, 0.29) is 16.9 Å². The molecule has 0 unspecified atom stereocenters. The Labute approximate surface area is 133 Å². The summed E-state index contributed by atoms with van der Waals surface area (Å²) < 4.78 is 37.9. The average molecular weight is 341 g/mol. The van der Waals surface area contributed by atoms with Crippen LogP contribution in [-0.2, 0) is 6.18 Å². The number of rotatable bonds is 1. The lowest BCUT2D eigenvalue weighted by Crippen LogP contribution is -2.30. The molecule has 0 spiro atoms. The van der Waals surface area contributed by atoms with Gasteiger partial charge in [-0.1, -0.05) is 23.2 Å². The average Bonchev–Trinajstić information content (AvgIpc) is 2.70. The van der Waals surface area contributed by atoms with Gasteiger partial charge in [-0.15, -0.1) is 0 Å². The molecule has 3 rings (SSSR count). The van der Waals surface area contributed by atoms with Gasteiger partial charge in [0.25, 0.3) is 11.8 Å². The Kier molecular flexibility index (Phi) is 3.40. The first kappa shape index (κ1) is 15.5. The Morgan fingerprint density at radius 2 is 1.74 bits per heavy atom. The molecule has 0 aliphatic carbocycles. The minimum Gasteiger partial charge on any atom is -0.268 e. The van der Waals surface area contributed by atoms with E-state index in [0.29, 0.717) is 17.2 Å². The van der Waals surface area contributed by atoms with Crippen LogP contribution in [0.4, 0.5) is 19.0 Å². The number of imide groups is 1. The molecule has 1 aliphatic heterocycles. The zero-order chi connectivity index (χ0) is 16.9. The molecule has 4 nitrogen and oxygen atoms in total. The van der Waals surface area contributed by atoms with Crippen molar-refractivity contribution in [2.75, 3.05) is 4.90 Å². The summed E-state index contributed by atoms with van der Waals surface area (Å²) in [5.41, 5.74) is 0.0584. The van der Waals surface area contributed by atoms with Crippen molar-refractivity contribution in [1.29, 1.82) is 0 Å². The topological polar surface area (TPSA) is 50.3 Å². The third-order valence-corrected chi connectivity index (χ3v) is 3.68. The molecule has 23 heavy (non-hydrogen) atoms. The number of amides is 2. The first-order chi connectivity index (χ1) is 10.7. The number of alkyl halides is 3. The van der Waals surface area contributed by atoms with Gasteiger partial charge in [0.1, 0.15) is 0 Å². The first-order valence-electron chi connectivity index (χ1n) is 6.42. The number of pyridine rings is 1. The van der Waals surface area contributed by atoms with Gasteiger partial charge in [0, 0.05) is 6.20 Å². The van der Waals surface area contributed by atoms with Crippen molar-refractivity contribution in [3.8, 4) is 0 Å². The number of nitrogens with zero attached hydrogens (tertiary/aromatic N) is 2. The van der Waals surface area contributed by atoms with E-state index in [9.17, 15) is 22.8 Å². The number of aryl methyl sites for hydroxylation is 1. The van der Waals surface area contributed by atoms with Crippen LogP contribution in [0.3, 0.4) is 0 Å². The maximum atomic E-state index is 12.6. The zero-order valence-corrected chi connectivity index (χ0v) is 12.4. The molecule has 0 saturated heterocycles. The maximum Gasteiger partial charge on any atom is 0.417 e. The van der Waals surface area contributed by atoms with E-state index >= 15 is 0 Å². The molecule has 2 aromatic rings. The highest BCUT2D eigenvalue weighted by atomic mass is 35.5. The smallest absolute Gasteiger partial charge is 0.268 e. The summed E-state index contributed by atoms with van der Waals surface area (Å²) in [6.07, 6.45) is -4.08. The monoisotopic (exact) mass is 340 g/mol. The highest BCUT2D eigenvalue weighted by molar-refractivity contribution is 6.39. The minimum absolute atomic E-state index is 0.165. The molecule has 0 N–H and O–H groups in total. The molecule has 0 radical (unpaired) electrons. The number of hydrogen-bond acceptors (Lipinski definition) is 3. The van der Waals surface area contributed by atoms with Gasteiger partial charge in [-0.25, -0.2) is 9.88 Å². The van der Waals surface area contributed by atoms with Crippen molar-refractivity contribution < 1.29 is 22.8 Å². The van der Waals surface area contributed by atoms with E-state index in [1.807, 2.05) is 0 Å². The Balaban J connectivity index is 2.07. The van der Waals surface area contributed by atoms with Crippen LogP contribution in [0.2, 0.25) is 5.02 Å². The molecular formula is C15H8ClF3N2O2. The van der Waals surface area contributed by atoms with E-state index in [1.54, 1.807) is 13.0 Å². The van der Waals surface area contributed by atoms with Crippen LogP contribution < -0.4 is 4.90 Å². The summed E-state index contributed by atoms with van der Waals surface area (Å²) in [5.74, 6) is -1.65. The molecule has 2 amide bonds. The normalized spacial score (nSPS) is 14.4. The summed E-state index contributed by atoms with van der Waals surface area (Å²) in [4.78, 5) is 29.0. The largest absolute Gasteiger partial charge is 0.417 e. The number of aromatic nitrogens is 1. The maximum absolute atomic E-state index is 12.6. The van der Waals surface area contributed by atoms with Crippen molar-refractivity contribution >= 4 is 29.2 Å². The van der Waals surface area contributed by atoms with Crippen LogP contribution in [0, 0.1) is 6.92 Å². The molecule has 8 heteroatoms. The molecule has 0 saturated carbocycles. The highest BCUT2D eigenvalue weighted by Crippen LogP contribution is 2.36. The van der Waals surface area contributed by atoms with Gasteiger partial charge >= 0.3 is 6.18 Å². The Morgan fingerprint density at radius 3 is 2.35 bits per heavy atom. The Hall–Kier alpha value is -2.41. The minimum atomic E-state index is -4.62. The third kappa shape index (κ3) is 2.46. The van der Waals surface area contributed by atoms with Crippen molar-refractivity contribution in [2.24, 2.45) is 0 Å². The van der Waals surface area contributed by atoms with Gasteiger partial charge < -0.3 is 0 Å². The number of carbonyl (C=O) groups excluding carboxylic acids is 2. The van der Waals surface area contributed by atoms with E-state index in [4.69, 9.17) is 11.6 Å². The van der Waals surface area contributed by atoms with Crippen LogP contribution in [0.5, 0.6) is 0 Å². The van der Waals surface area contributed by atoms with Gasteiger partial charge in [-0.3, -0.25) is 9.59 Å². The standard InChI is InChI=1S/C15H8ClF3N2O2/c1-7-2-3-9-10(4-7)14(23)21(13(9)22)12-11(16)5-8(6-20-12)15(17,18)19/h2-6H,1H3. The van der Waals surface area contributed by atoms with Gasteiger partial charge in [-0.2, -0.15) is 13.2 Å². The summed E-state index contributed by atoms with van der Waals surface area (Å²) in [6.45, 7) is 1.75. The second-order valence-electron chi connectivity index (χ2n) is 5.02. The lowest BCUT2D eigenvalue weighted by Gasteiger charge is -2.15. The van der Waals surface area contributed by atoms with Crippen molar-refractivity contribution in [3.05, 3.63) is 57.7 Å². The third-order valence-electron chi connectivity index (χ3n) is 3.40. The fourth-order valence-electron chi connectivity index (χ4n) is 2.30. The summed E-state index contributed by atoms with van der Waals surface area (Å²) >= 11 is 5.81. The fourth-order valence-corrected chi connectivity index (χ4v) is 2.55. The summed E-state index contributed by atoms with van der Waals surface area (Å²) in [7, 11) is 0. The second kappa shape index (κ2) is 5.06. The zero-order valence-electron chi connectivity index (χ0n) is 11.6. The van der Waals surface area contributed by atoms with Gasteiger partial charge in [-0.05, 0) is 25.1 Å². The summed E-state index contributed by atoms with van der Waals surface area (Å²) in [6, 6.07) is 5.32. The molecule has 0 atom stereocenters. The second-order valence-corrected chi connectivity index (χ2v) is 5.43. The molecule has 1 aromatic carbocycles. The van der Waals surface area contributed by atoms with Gasteiger partial charge in [0.15, 0.2) is 5.82 Å². The van der Waals surface area contributed by atoms with E-state index in [2.05, 4.69) is 4.98 Å². The molecule has 1 aromatic heterocycles. The van der Waals surface area contributed by atoms with Gasteiger partial charge in [0.2, 0.25) is 0 Å². The quantitative estimate of drug-likeness (QED) is 0.741. The number of hydrogen-bond donors (Lipinski definition) is 0. The molecule has 1 aliphatic rings. The predicted molar refractivity (Wildman–Crippen MR) is 76.6 cm³/mol. The van der Waals surface area contributed by atoms with E-state index in [1.165, 1.54) is 12.1 Å². The predicted octanol–water partition coefficient (Wildman–Crippen LogP) is 3.86. The highest BCUT2D eigenvalue weighted by Gasteiger charge is 2.39. The van der Waals surface area contributed by atoms with Crippen LogP contribution in [0.1, 0.15) is 31.8 Å². The number of carbonyl (C=O) groups is 2. The first-order valence-corrected chi connectivity index (χ1v) is 6.80. The van der Waals surface area contributed by atoms with Crippen LogP contribution in [0.15, 0.2) is 30.5 Å². The summed E-state index contributed by atoms with van der Waals surface area (Å²) in [5, 5.41) is -0.425. The lowest BCUT2D eigenvalue weighted by molar-refractivity contribution is -0.137. The molecule has 0 fully saturated rings. The van der Waals surface area contributed by atoms with Crippen LogP contribution in [0.25, 0.3) is 0 Å². The number of fused-ring (bicyclic) bond motifs is 1. The SMILES string of the molecule is Cc1ccc2c(c1)C(=O)N(c1ncc(C(F)(F)F)cc1Cl)C2=O. The van der Waals surface area contributed by atoms with E-state index in [0.717, 1.165) is 5.56 Å². The lowest BCUT2D eigenvalue weighted by atomic mass is 10.1. The van der Waals surface area contributed by atoms with Crippen LogP contribution >= 0.6 is 11.6 Å². The van der Waals surface area contributed by atoms with Crippen LogP contribution in [-0.4, -0.2) is 16.8 Å². The van der Waals surface area contributed by atoms with Crippen molar-refractivity contribution in [1.82, 2.24) is 4.98 Å². The molecule has 118 valence electrons. The number of halogens is 4. The Morgan fingerprint density at radius 1 is 1.09 bits per heavy atom. The number of anilines is 1. The molecule has 2 heterocycles. The molecule has 0 bridgehead atoms. The fraction of sp³-hybridized carbons (Fsp3) is 0.133. The molecular weight excluding hydrogens is 333 g/mol. The van der Waals surface area contributed by atoms with E-state index < -0.39 is 28.6 Å². The van der Waals surface area contributed by atoms with Crippen molar-refractivity contribution in [2.45, 2.75) is 13.1 Å².